The van der Waals surface area contributed by atoms with Crippen LogP contribution in [0.1, 0.15) is 16.1 Å². The maximum absolute atomic E-state index is 12.3. The average molecular weight is 455 g/mol. The summed E-state index contributed by atoms with van der Waals surface area (Å²) in [6.45, 7) is 0. The summed E-state index contributed by atoms with van der Waals surface area (Å²) >= 11 is 3.40. The number of carbonyl (C=O) groups excluding carboxylic acids is 1. The Morgan fingerprint density at radius 1 is 1.14 bits per heavy atom. The summed E-state index contributed by atoms with van der Waals surface area (Å²) in [4.78, 5) is 12.3. The third-order valence-electron chi connectivity index (χ3n) is 3.97. The van der Waals surface area contributed by atoms with Gasteiger partial charge in [0.25, 0.3) is 5.91 Å². The first-order chi connectivity index (χ1) is 14.1. The Balaban J connectivity index is 1.68. The highest BCUT2D eigenvalue weighted by Gasteiger charge is 2.14. The van der Waals surface area contributed by atoms with Gasteiger partial charge in [-0.1, -0.05) is 30.3 Å². The predicted octanol–water partition coefficient (Wildman–Crippen LogP) is 4.25. The molecule has 0 aliphatic carbocycles. The summed E-state index contributed by atoms with van der Waals surface area (Å²) in [7, 11) is 3.15. The third kappa shape index (κ3) is 5.32. The summed E-state index contributed by atoms with van der Waals surface area (Å²) in [5.41, 5.74) is 5.07. The van der Waals surface area contributed by atoms with Crippen LogP contribution in [0.5, 0.6) is 11.5 Å². The fourth-order valence-corrected chi connectivity index (χ4v) is 2.91. The van der Waals surface area contributed by atoms with Gasteiger partial charge >= 0.3 is 0 Å². The van der Waals surface area contributed by atoms with Gasteiger partial charge in [0.1, 0.15) is 17.2 Å². The first kappa shape index (κ1) is 20.3. The third-order valence-corrected chi connectivity index (χ3v) is 4.40. The molecular formula is C21H19BrN4O3. The van der Waals surface area contributed by atoms with Crippen molar-refractivity contribution in [2.24, 2.45) is 5.10 Å². The van der Waals surface area contributed by atoms with Crippen molar-refractivity contribution in [2.45, 2.75) is 0 Å². The van der Waals surface area contributed by atoms with Crippen LogP contribution in [0.4, 0.5) is 0 Å². The molecule has 2 aromatic carbocycles. The van der Waals surface area contributed by atoms with Crippen molar-refractivity contribution < 1.29 is 14.3 Å². The van der Waals surface area contributed by atoms with Crippen LogP contribution in [0, 0.1) is 0 Å². The molecular weight excluding hydrogens is 436 g/mol. The minimum Gasteiger partial charge on any atom is -0.497 e. The number of methoxy groups -OCH3 is 2. The number of aromatic amines is 1. The Kier molecular flexibility index (Phi) is 6.80. The summed E-state index contributed by atoms with van der Waals surface area (Å²) in [5, 5.41) is 10.9. The van der Waals surface area contributed by atoms with Crippen LogP contribution in [0.25, 0.3) is 17.3 Å². The molecule has 7 nitrogen and oxygen atoms in total. The lowest BCUT2D eigenvalue weighted by molar-refractivity contribution is 0.0950. The van der Waals surface area contributed by atoms with Crippen molar-refractivity contribution in [3.8, 4) is 22.8 Å². The number of hydrazone groups is 1. The number of halogens is 1. The SMILES string of the molecule is COc1ccc(-c2cc(C(=O)N/N=C\C(Br)=C\c3ccccc3)[nH]n2)c(OC)c1. The van der Waals surface area contributed by atoms with E-state index in [2.05, 4.69) is 36.7 Å². The molecule has 0 saturated heterocycles. The number of nitrogens with zero attached hydrogens (tertiary/aromatic N) is 2. The fourth-order valence-electron chi connectivity index (χ4n) is 2.54. The van der Waals surface area contributed by atoms with Crippen LogP contribution < -0.4 is 14.9 Å². The Bertz CT molecular complexity index is 1050. The van der Waals surface area contributed by atoms with Crippen LogP contribution in [0.15, 0.2) is 64.2 Å². The summed E-state index contributed by atoms with van der Waals surface area (Å²) in [6, 6.07) is 16.8. The second kappa shape index (κ2) is 9.70. The molecule has 1 heterocycles. The maximum atomic E-state index is 12.3. The number of amides is 1. The van der Waals surface area contributed by atoms with Gasteiger partial charge in [-0.15, -0.1) is 0 Å². The monoisotopic (exact) mass is 454 g/mol. The molecule has 0 bridgehead atoms. The summed E-state index contributed by atoms with van der Waals surface area (Å²) in [5.74, 6) is 0.853. The largest absolute Gasteiger partial charge is 0.497 e. The Labute approximate surface area is 176 Å². The van der Waals surface area contributed by atoms with Gasteiger partial charge in [-0.05, 0) is 45.8 Å². The Hall–Kier alpha value is -3.39. The molecule has 0 aliphatic rings. The lowest BCUT2D eigenvalue weighted by atomic mass is 10.1. The molecule has 3 aromatic rings. The van der Waals surface area contributed by atoms with Crippen molar-refractivity contribution in [1.82, 2.24) is 15.6 Å². The van der Waals surface area contributed by atoms with E-state index in [0.717, 1.165) is 15.6 Å². The lowest BCUT2D eigenvalue weighted by Crippen LogP contribution is -2.17. The number of ether oxygens (including phenoxy) is 2. The molecule has 0 unspecified atom stereocenters. The molecule has 8 heteroatoms. The van der Waals surface area contributed by atoms with Crippen LogP contribution in [-0.2, 0) is 0 Å². The molecule has 0 saturated carbocycles. The quantitative estimate of drug-likeness (QED) is 0.412. The van der Waals surface area contributed by atoms with E-state index >= 15 is 0 Å². The molecule has 0 spiro atoms. The number of nitrogens with one attached hydrogen (secondary N) is 2. The zero-order valence-electron chi connectivity index (χ0n) is 15.8. The number of hydrogen-bond acceptors (Lipinski definition) is 5. The predicted molar refractivity (Wildman–Crippen MR) is 116 cm³/mol. The lowest BCUT2D eigenvalue weighted by Gasteiger charge is -2.08. The zero-order chi connectivity index (χ0) is 20.6. The number of carbonyl (C=O) groups is 1. The molecule has 1 aromatic heterocycles. The second-order valence-corrected chi connectivity index (χ2v) is 6.79. The normalized spacial score (nSPS) is 11.5. The highest BCUT2D eigenvalue weighted by molar-refractivity contribution is 9.12. The van der Waals surface area contributed by atoms with Gasteiger partial charge in [-0.2, -0.15) is 10.2 Å². The van der Waals surface area contributed by atoms with E-state index in [0.29, 0.717) is 17.2 Å². The topological polar surface area (TPSA) is 88.6 Å². The van der Waals surface area contributed by atoms with E-state index in [4.69, 9.17) is 9.47 Å². The number of H-pyrrole nitrogens is 1. The minimum absolute atomic E-state index is 0.276. The van der Waals surface area contributed by atoms with Crippen molar-refractivity contribution in [3.63, 3.8) is 0 Å². The molecule has 2 N–H and O–H groups in total. The minimum atomic E-state index is -0.410. The van der Waals surface area contributed by atoms with Crippen LogP contribution in [0.3, 0.4) is 0 Å². The highest BCUT2D eigenvalue weighted by atomic mass is 79.9. The summed E-state index contributed by atoms with van der Waals surface area (Å²) < 4.78 is 11.3. The number of benzene rings is 2. The van der Waals surface area contributed by atoms with Gasteiger partial charge in [-0.25, -0.2) is 5.43 Å². The molecule has 1 amide bonds. The first-order valence-electron chi connectivity index (χ1n) is 8.64. The van der Waals surface area contributed by atoms with Crippen LogP contribution >= 0.6 is 15.9 Å². The van der Waals surface area contributed by atoms with E-state index in [1.807, 2.05) is 42.5 Å². The standard InChI is InChI=1S/C21H19BrN4O3/c1-28-16-8-9-17(20(11-16)29-2)18-12-19(25-24-18)21(27)26-23-13-15(22)10-14-6-4-3-5-7-14/h3-13H,1-2H3,(H,24,25)(H,26,27)/b15-10-,23-13-. The smallest absolute Gasteiger partial charge is 0.289 e. The molecule has 0 atom stereocenters. The van der Waals surface area contributed by atoms with E-state index in [-0.39, 0.29) is 5.69 Å². The van der Waals surface area contributed by atoms with Gasteiger partial charge in [0.15, 0.2) is 0 Å². The van der Waals surface area contributed by atoms with Crippen molar-refractivity contribution in [3.05, 3.63) is 70.3 Å². The molecule has 29 heavy (non-hydrogen) atoms. The van der Waals surface area contributed by atoms with Crippen LogP contribution in [0.2, 0.25) is 0 Å². The second-order valence-electron chi connectivity index (χ2n) is 5.87. The van der Waals surface area contributed by atoms with Gasteiger partial charge in [0.05, 0.1) is 26.1 Å². The summed E-state index contributed by atoms with van der Waals surface area (Å²) in [6.07, 6.45) is 3.40. The van der Waals surface area contributed by atoms with Gasteiger partial charge in [-0.3, -0.25) is 9.89 Å². The van der Waals surface area contributed by atoms with Crippen molar-refractivity contribution >= 4 is 34.1 Å². The van der Waals surface area contributed by atoms with E-state index < -0.39 is 5.91 Å². The fraction of sp³-hybridized carbons (Fsp3) is 0.0952. The van der Waals surface area contributed by atoms with E-state index in [1.165, 1.54) is 6.21 Å². The molecule has 0 fully saturated rings. The highest BCUT2D eigenvalue weighted by Crippen LogP contribution is 2.32. The molecule has 148 valence electrons. The van der Waals surface area contributed by atoms with E-state index in [1.54, 1.807) is 32.4 Å². The maximum Gasteiger partial charge on any atom is 0.289 e. The number of aromatic nitrogens is 2. The zero-order valence-corrected chi connectivity index (χ0v) is 17.4. The Morgan fingerprint density at radius 2 is 1.93 bits per heavy atom. The van der Waals surface area contributed by atoms with Gasteiger partial charge in [0, 0.05) is 16.1 Å². The van der Waals surface area contributed by atoms with Crippen LogP contribution in [-0.4, -0.2) is 36.5 Å². The van der Waals surface area contributed by atoms with Gasteiger partial charge < -0.3 is 9.47 Å². The number of allylic oxidation sites excluding steroid dienone is 1. The van der Waals surface area contributed by atoms with E-state index in [9.17, 15) is 4.79 Å². The van der Waals surface area contributed by atoms with Gasteiger partial charge in [0.2, 0.25) is 0 Å². The Morgan fingerprint density at radius 3 is 2.66 bits per heavy atom. The average Bonchev–Trinajstić information content (AvgIpc) is 3.24. The first-order valence-corrected chi connectivity index (χ1v) is 9.43. The number of hydrogen-bond donors (Lipinski definition) is 2. The molecule has 0 aliphatic heterocycles. The molecule has 3 rings (SSSR count). The van der Waals surface area contributed by atoms with Crippen molar-refractivity contribution in [1.29, 1.82) is 0 Å². The molecule has 0 radical (unpaired) electrons. The number of rotatable bonds is 7. The van der Waals surface area contributed by atoms with Crippen molar-refractivity contribution in [2.75, 3.05) is 14.2 Å².